The predicted octanol–water partition coefficient (Wildman–Crippen LogP) is 3.62. The van der Waals surface area contributed by atoms with Crippen LogP contribution in [0, 0.1) is 0 Å². The fourth-order valence-corrected chi connectivity index (χ4v) is 5.83. The van der Waals surface area contributed by atoms with E-state index < -0.39 is 5.54 Å². The van der Waals surface area contributed by atoms with Crippen molar-refractivity contribution in [1.82, 2.24) is 29.7 Å². The molecule has 1 aliphatic carbocycles. The number of amides is 1. The van der Waals surface area contributed by atoms with E-state index in [1.807, 2.05) is 30.5 Å². The highest BCUT2D eigenvalue weighted by atomic mass is 16.5. The molecule has 198 valence electrons. The number of aromatic nitrogens is 5. The van der Waals surface area contributed by atoms with E-state index in [9.17, 15) is 9.90 Å². The van der Waals surface area contributed by atoms with Gasteiger partial charge in [-0.15, -0.1) is 0 Å². The SMILES string of the molecule is Nc1ncnn2c(-c3cccc(C(=O)NC4(CO)CCOCC4)c3)cc(-c3ccnn3C3CCCCC3)c12. The maximum absolute atomic E-state index is 13.3. The topological polar surface area (TPSA) is 133 Å². The van der Waals surface area contributed by atoms with Crippen LogP contribution in [0.2, 0.25) is 0 Å². The van der Waals surface area contributed by atoms with Gasteiger partial charge in [-0.05, 0) is 49.9 Å². The van der Waals surface area contributed by atoms with Gasteiger partial charge >= 0.3 is 0 Å². The van der Waals surface area contributed by atoms with Crippen molar-refractivity contribution in [2.45, 2.75) is 56.5 Å². The van der Waals surface area contributed by atoms with Gasteiger partial charge in [0, 0.05) is 36.1 Å². The molecule has 1 aromatic carbocycles. The molecule has 0 atom stereocenters. The maximum Gasteiger partial charge on any atom is 0.251 e. The summed E-state index contributed by atoms with van der Waals surface area (Å²) in [4.78, 5) is 17.5. The van der Waals surface area contributed by atoms with Crippen molar-refractivity contribution in [3.05, 3.63) is 54.5 Å². The summed E-state index contributed by atoms with van der Waals surface area (Å²) in [7, 11) is 0. The van der Waals surface area contributed by atoms with Gasteiger partial charge in [0.1, 0.15) is 11.8 Å². The van der Waals surface area contributed by atoms with E-state index in [0.29, 0.717) is 43.5 Å². The van der Waals surface area contributed by atoms with Crippen LogP contribution in [0.5, 0.6) is 0 Å². The second-order valence-electron chi connectivity index (χ2n) is 10.4. The van der Waals surface area contributed by atoms with Gasteiger partial charge in [0.15, 0.2) is 5.82 Å². The second-order valence-corrected chi connectivity index (χ2v) is 10.4. The molecule has 0 bridgehead atoms. The third-order valence-corrected chi connectivity index (χ3v) is 8.00. The number of carbonyl (C=O) groups excluding carboxylic acids is 1. The number of nitrogens with two attached hydrogens (primary N) is 1. The lowest BCUT2D eigenvalue weighted by atomic mass is 9.90. The molecule has 10 heteroatoms. The number of nitrogens with one attached hydrogen (secondary N) is 1. The van der Waals surface area contributed by atoms with Gasteiger partial charge in [0.25, 0.3) is 5.91 Å². The molecular formula is C28H33N7O3. The van der Waals surface area contributed by atoms with Crippen LogP contribution in [-0.2, 0) is 4.74 Å². The number of ether oxygens (including phenoxy) is 1. The van der Waals surface area contributed by atoms with Crippen LogP contribution in [0.1, 0.15) is 61.3 Å². The molecule has 1 aliphatic heterocycles. The number of benzene rings is 1. The summed E-state index contributed by atoms with van der Waals surface area (Å²) in [5.41, 5.74) is 10.5. The number of aliphatic hydroxyl groups excluding tert-OH is 1. The fraction of sp³-hybridized carbons (Fsp3) is 0.429. The first kappa shape index (κ1) is 24.6. The first-order valence-electron chi connectivity index (χ1n) is 13.4. The fourth-order valence-electron chi connectivity index (χ4n) is 5.83. The molecule has 1 saturated carbocycles. The summed E-state index contributed by atoms with van der Waals surface area (Å²) in [5.74, 6) is 0.157. The van der Waals surface area contributed by atoms with E-state index in [1.165, 1.54) is 25.6 Å². The minimum absolute atomic E-state index is 0.126. The molecule has 2 fully saturated rings. The van der Waals surface area contributed by atoms with E-state index in [1.54, 1.807) is 10.6 Å². The summed E-state index contributed by atoms with van der Waals surface area (Å²) >= 11 is 0. The number of rotatable bonds is 6. The molecule has 3 aromatic heterocycles. The number of nitrogens with zero attached hydrogens (tertiary/aromatic N) is 5. The Bertz CT molecular complexity index is 1450. The average Bonchev–Trinajstić information content (AvgIpc) is 3.60. The van der Waals surface area contributed by atoms with Crippen LogP contribution in [0.25, 0.3) is 28.0 Å². The Morgan fingerprint density at radius 3 is 2.71 bits per heavy atom. The normalized spacial score (nSPS) is 18.0. The van der Waals surface area contributed by atoms with Gasteiger partial charge in [-0.2, -0.15) is 10.2 Å². The molecule has 0 unspecified atom stereocenters. The highest BCUT2D eigenvalue weighted by Crippen LogP contribution is 2.38. The van der Waals surface area contributed by atoms with Gasteiger partial charge in [-0.1, -0.05) is 31.4 Å². The van der Waals surface area contributed by atoms with E-state index >= 15 is 0 Å². The van der Waals surface area contributed by atoms with Gasteiger partial charge in [-0.3, -0.25) is 9.48 Å². The molecular weight excluding hydrogens is 482 g/mol. The van der Waals surface area contributed by atoms with Gasteiger partial charge in [-0.25, -0.2) is 9.50 Å². The standard InChI is InChI=1S/C28H33N7O3/c29-26-25-22(23-9-12-31-34(23)21-7-2-1-3-8-21)16-24(35(25)32-18-30-26)19-5-4-6-20(15-19)27(37)33-28(17-36)10-13-38-14-11-28/h4-6,9,12,15-16,18,21,36H,1-3,7-8,10-11,13-14,17H2,(H,33,37)(H2,29,30,32). The van der Waals surface area contributed by atoms with E-state index in [0.717, 1.165) is 40.9 Å². The molecule has 2 aliphatic rings. The Morgan fingerprint density at radius 2 is 1.92 bits per heavy atom. The largest absolute Gasteiger partial charge is 0.394 e. The summed E-state index contributed by atoms with van der Waals surface area (Å²) in [6, 6.07) is 11.9. The second kappa shape index (κ2) is 10.2. The summed E-state index contributed by atoms with van der Waals surface area (Å²) in [6.07, 6.45) is 10.3. The van der Waals surface area contributed by atoms with Gasteiger partial charge in [0.05, 0.1) is 29.6 Å². The van der Waals surface area contributed by atoms with Crippen molar-refractivity contribution in [3.63, 3.8) is 0 Å². The van der Waals surface area contributed by atoms with Crippen LogP contribution in [0.4, 0.5) is 5.82 Å². The lowest BCUT2D eigenvalue weighted by molar-refractivity contribution is 0.0125. The van der Waals surface area contributed by atoms with Crippen LogP contribution in [0.15, 0.2) is 48.9 Å². The lowest BCUT2D eigenvalue weighted by Gasteiger charge is -2.36. The van der Waals surface area contributed by atoms with Crippen molar-refractivity contribution in [3.8, 4) is 22.5 Å². The summed E-state index contributed by atoms with van der Waals surface area (Å²) < 4.78 is 9.34. The molecule has 0 spiro atoms. The molecule has 1 saturated heterocycles. The zero-order valence-electron chi connectivity index (χ0n) is 21.3. The van der Waals surface area contributed by atoms with Crippen molar-refractivity contribution >= 4 is 17.2 Å². The first-order valence-corrected chi connectivity index (χ1v) is 13.4. The number of hydrogen-bond donors (Lipinski definition) is 3. The van der Waals surface area contributed by atoms with Gasteiger partial charge < -0.3 is 20.9 Å². The minimum atomic E-state index is -0.667. The number of fused-ring (bicyclic) bond motifs is 1. The number of hydrogen-bond acceptors (Lipinski definition) is 7. The Kier molecular flexibility index (Phi) is 6.59. The monoisotopic (exact) mass is 515 g/mol. The van der Waals surface area contributed by atoms with Crippen molar-refractivity contribution in [1.29, 1.82) is 0 Å². The van der Waals surface area contributed by atoms with Crippen molar-refractivity contribution < 1.29 is 14.6 Å². The van der Waals surface area contributed by atoms with Crippen LogP contribution in [0.3, 0.4) is 0 Å². The number of aliphatic hydroxyl groups is 1. The molecule has 6 rings (SSSR count). The maximum atomic E-state index is 13.3. The van der Waals surface area contributed by atoms with Crippen LogP contribution < -0.4 is 11.1 Å². The number of nitrogen functional groups attached to an aromatic ring is 1. The highest BCUT2D eigenvalue weighted by molar-refractivity contribution is 5.97. The van der Waals surface area contributed by atoms with Crippen LogP contribution in [-0.4, -0.2) is 60.8 Å². The Labute approximate surface area is 220 Å². The quantitative estimate of drug-likeness (QED) is 0.357. The highest BCUT2D eigenvalue weighted by Gasteiger charge is 2.34. The van der Waals surface area contributed by atoms with E-state index in [-0.39, 0.29) is 12.5 Å². The lowest BCUT2D eigenvalue weighted by Crippen LogP contribution is -2.54. The smallest absolute Gasteiger partial charge is 0.251 e. The van der Waals surface area contributed by atoms with E-state index in [4.69, 9.17) is 10.5 Å². The number of anilines is 1. The molecule has 4 heterocycles. The van der Waals surface area contributed by atoms with Crippen molar-refractivity contribution in [2.24, 2.45) is 0 Å². The zero-order chi connectivity index (χ0) is 26.1. The Hall–Kier alpha value is -3.76. The third kappa shape index (κ3) is 4.43. The Morgan fingerprint density at radius 1 is 1.11 bits per heavy atom. The predicted molar refractivity (Wildman–Crippen MR) is 144 cm³/mol. The first-order chi connectivity index (χ1) is 18.6. The van der Waals surface area contributed by atoms with Gasteiger partial charge in [0.2, 0.25) is 0 Å². The molecule has 10 nitrogen and oxygen atoms in total. The molecule has 4 aromatic rings. The average molecular weight is 516 g/mol. The summed E-state index contributed by atoms with van der Waals surface area (Å²) in [5, 5.41) is 22.3. The summed E-state index contributed by atoms with van der Waals surface area (Å²) in [6.45, 7) is 0.899. The molecule has 38 heavy (non-hydrogen) atoms. The number of carbonyl (C=O) groups is 1. The molecule has 1 amide bonds. The minimum Gasteiger partial charge on any atom is -0.394 e. The van der Waals surface area contributed by atoms with E-state index in [2.05, 4.69) is 31.2 Å². The zero-order valence-corrected chi connectivity index (χ0v) is 21.3. The third-order valence-electron chi connectivity index (χ3n) is 8.00. The Balaban J connectivity index is 1.39. The molecule has 4 N–H and O–H groups in total. The van der Waals surface area contributed by atoms with Crippen LogP contribution >= 0.6 is 0 Å². The molecule has 0 radical (unpaired) electrons. The van der Waals surface area contributed by atoms with Crippen molar-refractivity contribution in [2.75, 3.05) is 25.6 Å².